The summed E-state index contributed by atoms with van der Waals surface area (Å²) in [6, 6.07) is 14.5. The first-order chi connectivity index (χ1) is 19.3. The number of pyridine rings is 1. The minimum atomic E-state index is -4.40. The predicted octanol–water partition coefficient (Wildman–Crippen LogP) is 6.24. The average molecular weight is 551 g/mol. The number of hydrogen-bond acceptors (Lipinski definition) is 7. The second-order valence-corrected chi connectivity index (χ2v) is 9.69. The van der Waals surface area contributed by atoms with E-state index in [-0.39, 0.29) is 6.04 Å². The maximum Gasteiger partial charge on any atom is 0.389 e. The highest BCUT2D eigenvalue weighted by Crippen LogP contribution is 2.38. The van der Waals surface area contributed by atoms with E-state index in [1.807, 2.05) is 25.1 Å². The highest BCUT2D eigenvalue weighted by atomic mass is 19.4. The van der Waals surface area contributed by atoms with Crippen molar-refractivity contribution < 1.29 is 22.7 Å². The summed E-state index contributed by atoms with van der Waals surface area (Å²) in [6.45, 7) is 3.74. The summed E-state index contributed by atoms with van der Waals surface area (Å²) >= 11 is 0. The predicted molar refractivity (Wildman–Crippen MR) is 147 cm³/mol. The van der Waals surface area contributed by atoms with E-state index in [9.17, 15) is 18.0 Å². The molecule has 1 unspecified atom stereocenters. The van der Waals surface area contributed by atoms with Crippen molar-refractivity contribution in [2.75, 3.05) is 23.7 Å². The number of anilines is 2. The molecule has 0 bridgehead atoms. The quantitative estimate of drug-likeness (QED) is 0.239. The van der Waals surface area contributed by atoms with Crippen LogP contribution >= 0.6 is 0 Å². The van der Waals surface area contributed by atoms with E-state index in [1.165, 1.54) is 0 Å². The van der Waals surface area contributed by atoms with E-state index in [4.69, 9.17) is 9.72 Å². The Bertz CT molecular complexity index is 1510. The van der Waals surface area contributed by atoms with Crippen molar-refractivity contribution in [3.8, 4) is 22.9 Å². The van der Waals surface area contributed by atoms with Gasteiger partial charge in [0.1, 0.15) is 5.75 Å². The van der Waals surface area contributed by atoms with Crippen molar-refractivity contribution >= 4 is 28.3 Å². The summed E-state index contributed by atoms with van der Waals surface area (Å²) in [5.41, 5.74) is 2.53. The van der Waals surface area contributed by atoms with Crippen LogP contribution in [0.1, 0.15) is 31.2 Å². The van der Waals surface area contributed by atoms with Crippen molar-refractivity contribution in [1.29, 1.82) is 0 Å². The number of fused-ring (bicyclic) bond motifs is 1. The third-order valence-corrected chi connectivity index (χ3v) is 6.65. The van der Waals surface area contributed by atoms with Gasteiger partial charge in [-0.1, -0.05) is 24.3 Å². The van der Waals surface area contributed by atoms with Gasteiger partial charge < -0.3 is 20.7 Å². The monoisotopic (exact) mass is 550 g/mol. The second-order valence-electron chi connectivity index (χ2n) is 9.69. The molecule has 8 nitrogen and oxygen atoms in total. The fraction of sp³-hybridized carbons (Fsp3) is 0.310. The summed E-state index contributed by atoms with van der Waals surface area (Å²) in [5.74, 6) is 0.663. The number of carbonyl (C=O) groups excluding carboxylic acids is 1. The van der Waals surface area contributed by atoms with Crippen LogP contribution in [-0.2, 0) is 4.79 Å². The summed E-state index contributed by atoms with van der Waals surface area (Å²) in [7, 11) is 0. The van der Waals surface area contributed by atoms with Gasteiger partial charge in [0.25, 0.3) is 0 Å². The van der Waals surface area contributed by atoms with Crippen molar-refractivity contribution in [2.24, 2.45) is 0 Å². The van der Waals surface area contributed by atoms with Gasteiger partial charge in [0.15, 0.2) is 0 Å². The van der Waals surface area contributed by atoms with Gasteiger partial charge in [-0.3, -0.25) is 4.79 Å². The topological polar surface area (TPSA) is 101 Å². The standard InChI is InChI=1S/C29H29F3N6O2/c1-18-9-10-20-21(6-2-8-23(20)37-25(39)11-13-29(30,31)32)26(18)40-27-22(7-4-15-34-27)24-12-16-35-28(38-24)36-19-5-3-14-33-17-19/h2,4,6-10,12,15-16,19,33H,3,5,11,13-14,17H2,1H3,(H,37,39)(H,35,36,38). The molecule has 2 aromatic heterocycles. The first-order valence-corrected chi connectivity index (χ1v) is 13.1. The van der Waals surface area contributed by atoms with Crippen LogP contribution in [0.25, 0.3) is 22.0 Å². The Balaban J connectivity index is 1.43. The SMILES string of the molecule is Cc1ccc2c(NC(=O)CCC(F)(F)F)cccc2c1Oc1ncccc1-c1ccnc(NC2CCCNC2)n1. The van der Waals surface area contributed by atoms with Crippen molar-refractivity contribution in [2.45, 2.75) is 44.8 Å². The lowest BCUT2D eigenvalue weighted by Gasteiger charge is -2.23. The molecule has 1 amide bonds. The number of aryl methyl sites for hydroxylation is 1. The minimum absolute atomic E-state index is 0.245. The fourth-order valence-electron chi connectivity index (χ4n) is 4.65. The van der Waals surface area contributed by atoms with Gasteiger partial charge >= 0.3 is 6.18 Å². The van der Waals surface area contributed by atoms with E-state index in [0.717, 1.165) is 31.5 Å². The molecule has 1 fully saturated rings. The first kappa shape index (κ1) is 27.3. The number of alkyl halides is 3. The van der Waals surface area contributed by atoms with Gasteiger partial charge in [-0.15, -0.1) is 0 Å². The fourth-order valence-corrected chi connectivity index (χ4v) is 4.65. The van der Waals surface area contributed by atoms with E-state index in [1.54, 1.807) is 42.7 Å². The van der Waals surface area contributed by atoms with Crippen molar-refractivity contribution in [3.05, 3.63) is 66.5 Å². The summed E-state index contributed by atoms with van der Waals surface area (Å²) in [6.07, 6.45) is -0.804. The number of hydrogen-bond donors (Lipinski definition) is 3. The van der Waals surface area contributed by atoms with Gasteiger partial charge in [0.2, 0.25) is 17.7 Å². The molecule has 0 aliphatic carbocycles. The van der Waals surface area contributed by atoms with Crippen molar-refractivity contribution in [1.82, 2.24) is 20.3 Å². The Labute approximate surface area is 229 Å². The minimum Gasteiger partial charge on any atom is -0.437 e. The van der Waals surface area contributed by atoms with Gasteiger partial charge in [-0.25, -0.2) is 15.0 Å². The van der Waals surface area contributed by atoms with E-state index >= 15 is 0 Å². The number of nitrogens with one attached hydrogen (secondary N) is 3. The lowest BCUT2D eigenvalue weighted by molar-refractivity contribution is -0.142. The van der Waals surface area contributed by atoms with Gasteiger partial charge in [0.05, 0.1) is 17.7 Å². The highest BCUT2D eigenvalue weighted by molar-refractivity contribution is 6.04. The molecule has 5 rings (SSSR count). The number of aromatic nitrogens is 3. The van der Waals surface area contributed by atoms with Crippen molar-refractivity contribution in [3.63, 3.8) is 0 Å². The van der Waals surface area contributed by atoms with Crippen LogP contribution in [-0.4, -0.2) is 46.2 Å². The van der Waals surface area contributed by atoms with Crippen LogP contribution in [0.15, 0.2) is 60.9 Å². The number of rotatable bonds is 8. The highest BCUT2D eigenvalue weighted by Gasteiger charge is 2.28. The number of piperidine rings is 1. The number of benzene rings is 2. The zero-order chi connectivity index (χ0) is 28.1. The maximum atomic E-state index is 12.6. The molecule has 0 spiro atoms. The summed E-state index contributed by atoms with van der Waals surface area (Å²) in [5, 5.41) is 10.7. The van der Waals surface area contributed by atoms with E-state index in [2.05, 4.69) is 25.9 Å². The summed E-state index contributed by atoms with van der Waals surface area (Å²) in [4.78, 5) is 25.8. The molecule has 1 atom stereocenters. The lowest BCUT2D eigenvalue weighted by atomic mass is 10.0. The largest absolute Gasteiger partial charge is 0.437 e. The Morgan fingerprint density at radius 2 is 1.95 bits per heavy atom. The Hall–Kier alpha value is -4.25. The van der Waals surface area contributed by atoms with Gasteiger partial charge in [-0.2, -0.15) is 13.2 Å². The molecule has 208 valence electrons. The number of nitrogens with zero attached hydrogens (tertiary/aromatic N) is 3. The molecular weight excluding hydrogens is 521 g/mol. The molecule has 40 heavy (non-hydrogen) atoms. The molecule has 2 aromatic carbocycles. The van der Waals surface area contributed by atoms with Crippen LogP contribution in [0.5, 0.6) is 11.6 Å². The summed E-state index contributed by atoms with van der Waals surface area (Å²) < 4.78 is 44.1. The Morgan fingerprint density at radius 3 is 2.75 bits per heavy atom. The molecule has 4 aromatic rings. The zero-order valence-corrected chi connectivity index (χ0v) is 21.9. The molecule has 1 aliphatic heterocycles. The zero-order valence-electron chi connectivity index (χ0n) is 21.9. The molecule has 0 saturated carbocycles. The van der Waals surface area contributed by atoms with Crippen LogP contribution in [0, 0.1) is 6.92 Å². The number of amides is 1. The molecule has 1 aliphatic rings. The van der Waals surface area contributed by atoms with Gasteiger partial charge in [0, 0.05) is 47.9 Å². The van der Waals surface area contributed by atoms with Crippen LogP contribution < -0.4 is 20.7 Å². The number of carbonyl (C=O) groups is 1. The van der Waals surface area contributed by atoms with E-state index in [0.29, 0.717) is 45.3 Å². The smallest absolute Gasteiger partial charge is 0.389 e. The molecule has 3 N–H and O–H groups in total. The normalized spacial score (nSPS) is 15.6. The first-order valence-electron chi connectivity index (χ1n) is 13.1. The maximum absolute atomic E-state index is 12.6. The van der Waals surface area contributed by atoms with Crippen LogP contribution in [0.2, 0.25) is 0 Å². The molecular formula is C29H29F3N6O2. The number of ether oxygens (including phenoxy) is 1. The number of halogens is 3. The van der Waals surface area contributed by atoms with Crippen LogP contribution in [0.4, 0.5) is 24.8 Å². The molecule has 11 heteroatoms. The van der Waals surface area contributed by atoms with E-state index < -0.39 is 24.9 Å². The lowest BCUT2D eigenvalue weighted by Crippen LogP contribution is -2.38. The third kappa shape index (κ3) is 6.66. The third-order valence-electron chi connectivity index (χ3n) is 6.65. The Morgan fingerprint density at radius 1 is 1.07 bits per heavy atom. The Kier molecular flexibility index (Phi) is 8.11. The average Bonchev–Trinajstić information content (AvgIpc) is 2.94. The molecule has 0 radical (unpaired) electrons. The van der Waals surface area contributed by atoms with Gasteiger partial charge in [-0.05, 0) is 56.1 Å². The molecule has 3 heterocycles. The second kappa shape index (κ2) is 11.9. The molecule has 1 saturated heterocycles. The van der Waals surface area contributed by atoms with Crippen LogP contribution in [0.3, 0.4) is 0 Å².